The van der Waals surface area contributed by atoms with E-state index >= 15 is 0 Å². The van der Waals surface area contributed by atoms with Gasteiger partial charge in [0.1, 0.15) is 0 Å². The van der Waals surface area contributed by atoms with Crippen molar-refractivity contribution in [3.8, 4) is 0 Å². The molecule has 0 saturated carbocycles. The number of benzene rings is 2. The number of hydrogen-bond donors (Lipinski definition) is 2. The summed E-state index contributed by atoms with van der Waals surface area (Å²) in [6, 6.07) is 15.4. The zero-order valence-corrected chi connectivity index (χ0v) is 14.9. The Morgan fingerprint density at radius 2 is 1.85 bits per heavy atom. The van der Waals surface area contributed by atoms with Crippen molar-refractivity contribution < 1.29 is 9.59 Å². The summed E-state index contributed by atoms with van der Waals surface area (Å²) in [6.07, 6.45) is 1.94. The molecule has 0 radical (unpaired) electrons. The first-order valence-corrected chi connectivity index (χ1v) is 9.33. The number of amides is 2. The summed E-state index contributed by atoms with van der Waals surface area (Å²) in [5, 5.41) is 8.92. The van der Waals surface area contributed by atoms with Gasteiger partial charge in [-0.05, 0) is 29.7 Å². The molecule has 5 heteroatoms. The van der Waals surface area contributed by atoms with Crippen LogP contribution in [-0.2, 0) is 11.2 Å². The topological polar surface area (TPSA) is 58.2 Å². The highest BCUT2D eigenvalue weighted by molar-refractivity contribution is 7.17. The maximum Gasteiger partial charge on any atom is 0.253 e. The predicted molar refractivity (Wildman–Crippen MR) is 104 cm³/mol. The molecule has 1 aliphatic rings. The monoisotopic (exact) mass is 362 g/mol. The van der Waals surface area contributed by atoms with Gasteiger partial charge in [0.25, 0.3) is 5.91 Å². The van der Waals surface area contributed by atoms with Crippen molar-refractivity contribution in [2.45, 2.75) is 18.5 Å². The summed E-state index contributed by atoms with van der Waals surface area (Å²) < 4.78 is 1.09. The molecule has 1 heterocycles. The van der Waals surface area contributed by atoms with Gasteiger partial charge in [0.05, 0.1) is 17.6 Å². The number of fused-ring (bicyclic) bond motifs is 2. The lowest BCUT2D eigenvalue weighted by atomic mass is 10.1. The third kappa shape index (κ3) is 2.91. The highest BCUT2D eigenvalue weighted by Crippen LogP contribution is 2.32. The van der Waals surface area contributed by atoms with Gasteiger partial charge in [0.15, 0.2) is 0 Å². The van der Waals surface area contributed by atoms with Gasteiger partial charge in [-0.15, -0.1) is 11.3 Å². The van der Waals surface area contributed by atoms with E-state index in [0.29, 0.717) is 12.0 Å². The second-order valence-corrected chi connectivity index (χ2v) is 7.23. The van der Waals surface area contributed by atoms with E-state index in [4.69, 9.17) is 0 Å². The van der Waals surface area contributed by atoms with Crippen LogP contribution in [0.1, 0.15) is 27.5 Å². The van der Waals surface area contributed by atoms with Crippen LogP contribution in [0.5, 0.6) is 0 Å². The average Bonchev–Trinajstić information content (AvgIpc) is 3.23. The molecule has 130 valence electrons. The lowest BCUT2D eigenvalue weighted by Crippen LogP contribution is -2.44. The van der Waals surface area contributed by atoms with Gasteiger partial charge in [-0.3, -0.25) is 9.59 Å². The summed E-state index contributed by atoms with van der Waals surface area (Å²) in [4.78, 5) is 24.8. The molecule has 1 aromatic heterocycles. The average molecular weight is 362 g/mol. The van der Waals surface area contributed by atoms with Gasteiger partial charge < -0.3 is 10.6 Å². The van der Waals surface area contributed by atoms with E-state index in [9.17, 15) is 9.59 Å². The second kappa shape index (κ2) is 6.77. The minimum Gasteiger partial charge on any atom is -0.347 e. The smallest absolute Gasteiger partial charge is 0.253 e. The Morgan fingerprint density at radius 3 is 2.69 bits per heavy atom. The summed E-state index contributed by atoms with van der Waals surface area (Å²) in [5.74, 6) is -0.356. The highest BCUT2D eigenvalue weighted by Gasteiger charge is 2.34. The summed E-state index contributed by atoms with van der Waals surface area (Å²) >= 11 is 1.56. The summed E-state index contributed by atoms with van der Waals surface area (Å²) in [7, 11) is 0. The van der Waals surface area contributed by atoms with Crippen LogP contribution in [0.4, 0.5) is 0 Å². The van der Waals surface area contributed by atoms with Crippen LogP contribution in [0.3, 0.4) is 0 Å². The molecular weight excluding hydrogens is 344 g/mol. The Bertz CT molecular complexity index is 1010. The SMILES string of the molecule is C=CC(=O)N[C@@H]1c2ccccc2C[C@H]1NC(=O)c1csc2ccccc12. The lowest BCUT2D eigenvalue weighted by Gasteiger charge is -2.22. The van der Waals surface area contributed by atoms with E-state index in [0.717, 1.165) is 21.2 Å². The van der Waals surface area contributed by atoms with Crippen molar-refractivity contribution in [1.82, 2.24) is 10.6 Å². The minimum absolute atomic E-state index is 0.113. The summed E-state index contributed by atoms with van der Waals surface area (Å²) in [5.41, 5.74) is 2.86. The van der Waals surface area contributed by atoms with Gasteiger partial charge in [0, 0.05) is 15.5 Å². The maximum atomic E-state index is 12.9. The van der Waals surface area contributed by atoms with E-state index in [1.807, 2.05) is 53.9 Å². The van der Waals surface area contributed by atoms with E-state index in [-0.39, 0.29) is 23.9 Å². The minimum atomic E-state index is -0.259. The molecule has 2 aromatic carbocycles. The van der Waals surface area contributed by atoms with Crippen LogP contribution in [0.15, 0.2) is 66.6 Å². The quantitative estimate of drug-likeness (QED) is 0.697. The van der Waals surface area contributed by atoms with E-state index < -0.39 is 0 Å². The molecule has 0 unspecified atom stereocenters. The van der Waals surface area contributed by atoms with Crippen LogP contribution in [0.25, 0.3) is 10.1 Å². The van der Waals surface area contributed by atoms with Gasteiger partial charge >= 0.3 is 0 Å². The molecule has 2 N–H and O–H groups in total. The molecule has 0 spiro atoms. The fraction of sp³-hybridized carbons (Fsp3) is 0.143. The zero-order chi connectivity index (χ0) is 18.1. The number of nitrogens with one attached hydrogen (secondary N) is 2. The highest BCUT2D eigenvalue weighted by atomic mass is 32.1. The number of carbonyl (C=O) groups is 2. The van der Waals surface area contributed by atoms with Crippen LogP contribution in [0.2, 0.25) is 0 Å². The van der Waals surface area contributed by atoms with E-state index in [1.165, 1.54) is 6.08 Å². The molecule has 0 bridgehead atoms. The third-order valence-corrected chi connectivity index (χ3v) is 5.72. The molecule has 0 fully saturated rings. The van der Waals surface area contributed by atoms with Crippen molar-refractivity contribution in [2.75, 3.05) is 0 Å². The van der Waals surface area contributed by atoms with Crippen molar-refractivity contribution in [1.29, 1.82) is 0 Å². The van der Waals surface area contributed by atoms with Crippen LogP contribution >= 0.6 is 11.3 Å². The Morgan fingerprint density at radius 1 is 1.08 bits per heavy atom. The van der Waals surface area contributed by atoms with Crippen molar-refractivity contribution in [3.63, 3.8) is 0 Å². The van der Waals surface area contributed by atoms with Crippen molar-refractivity contribution in [2.24, 2.45) is 0 Å². The first kappa shape index (κ1) is 16.5. The Balaban J connectivity index is 1.61. The van der Waals surface area contributed by atoms with Gasteiger partial charge in [-0.25, -0.2) is 0 Å². The second-order valence-electron chi connectivity index (χ2n) is 6.32. The molecule has 0 saturated heterocycles. The maximum absolute atomic E-state index is 12.9. The Kier molecular flexibility index (Phi) is 4.31. The Labute approximate surface area is 155 Å². The normalized spacial score (nSPS) is 18.3. The standard InChI is InChI=1S/C21H18N2O2S/c1-2-19(24)23-20-14-8-4-3-7-13(14)11-17(20)22-21(25)16-12-26-18-10-6-5-9-15(16)18/h2-10,12,17,20H,1,11H2,(H,22,25)(H,23,24)/t17-,20-/m1/s1. The summed E-state index contributed by atoms with van der Waals surface area (Å²) in [6.45, 7) is 3.52. The van der Waals surface area contributed by atoms with Gasteiger partial charge in [-0.1, -0.05) is 49.0 Å². The zero-order valence-electron chi connectivity index (χ0n) is 14.1. The first-order chi connectivity index (χ1) is 12.7. The fourth-order valence-electron chi connectivity index (χ4n) is 3.52. The van der Waals surface area contributed by atoms with Crippen LogP contribution in [-0.4, -0.2) is 17.9 Å². The predicted octanol–water partition coefficient (Wildman–Crippen LogP) is 3.60. The van der Waals surface area contributed by atoms with Crippen LogP contribution in [0, 0.1) is 0 Å². The number of carbonyl (C=O) groups excluding carboxylic acids is 2. The molecule has 2 atom stereocenters. The van der Waals surface area contributed by atoms with Crippen molar-refractivity contribution >= 4 is 33.2 Å². The van der Waals surface area contributed by atoms with E-state index in [1.54, 1.807) is 11.3 Å². The van der Waals surface area contributed by atoms with Gasteiger partial charge in [0.2, 0.25) is 5.91 Å². The largest absolute Gasteiger partial charge is 0.347 e. The van der Waals surface area contributed by atoms with E-state index in [2.05, 4.69) is 17.2 Å². The number of hydrogen-bond acceptors (Lipinski definition) is 3. The number of rotatable bonds is 4. The molecule has 1 aliphatic carbocycles. The fourth-order valence-corrected chi connectivity index (χ4v) is 4.46. The molecule has 26 heavy (non-hydrogen) atoms. The van der Waals surface area contributed by atoms with Gasteiger partial charge in [-0.2, -0.15) is 0 Å². The molecule has 3 aromatic rings. The van der Waals surface area contributed by atoms with Crippen molar-refractivity contribution in [3.05, 3.63) is 83.3 Å². The van der Waals surface area contributed by atoms with Crippen LogP contribution < -0.4 is 10.6 Å². The molecular formula is C21H18N2O2S. The molecule has 2 amide bonds. The molecule has 4 rings (SSSR count). The molecule has 4 nitrogen and oxygen atoms in total. The Hall–Kier alpha value is -2.92. The number of thiophene rings is 1. The third-order valence-electron chi connectivity index (χ3n) is 4.76. The molecule has 0 aliphatic heterocycles. The lowest BCUT2D eigenvalue weighted by molar-refractivity contribution is -0.117. The first-order valence-electron chi connectivity index (χ1n) is 8.45.